The van der Waals surface area contributed by atoms with Gasteiger partial charge in [-0.25, -0.2) is 0 Å². The number of furan rings is 1. The van der Waals surface area contributed by atoms with Crippen LogP contribution in [0.5, 0.6) is 0 Å². The third kappa shape index (κ3) is 1.42. The largest absolute Gasteiger partial charge is 0.472 e. The molecule has 1 N–H and O–H groups in total. The summed E-state index contributed by atoms with van der Waals surface area (Å²) in [4.78, 5) is 2.86. The summed E-state index contributed by atoms with van der Waals surface area (Å²) in [5.41, 5.74) is 1.01. The minimum atomic E-state index is 0.733. The van der Waals surface area contributed by atoms with E-state index in [0.29, 0.717) is 0 Å². The molecule has 0 fully saturated rings. The molecule has 2 heterocycles. The molecule has 0 aliphatic heterocycles. The van der Waals surface area contributed by atoms with Crippen LogP contribution in [0, 0.1) is 0 Å². The molecule has 0 amide bonds. The molecule has 0 saturated carbocycles. The maximum atomic E-state index is 4.89. The Morgan fingerprint density at radius 2 is 2.42 bits per heavy atom. The van der Waals surface area contributed by atoms with Crippen LogP contribution in [-0.4, -0.2) is 15.2 Å². The molecule has 0 bridgehead atoms. The quantitative estimate of drug-likeness (QED) is 0.727. The predicted molar refractivity (Wildman–Crippen MR) is 44.0 cm³/mol. The second kappa shape index (κ2) is 3.04. The van der Waals surface area contributed by atoms with Crippen molar-refractivity contribution in [3.63, 3.8) is 0 Å². The Labute approximate surface area is 68.9 Å². The van der Waals surface area contributed by atoms with Gasteiger partial charge in [0.1, 0.15) is 6.33 Å². The van der Waals surface area contributed by atoms with E-state index < -0.39 is 0 Å². The van der Waals surface area contributed by atoms with Crippen molar-refractivity contribution in [2.24, 2.45) is 0 Å². The lowest BCUT2D eigenvalue weighted by Gasteiger charge is -1.80. The Kier molecular flexibility index (Phi) is 1.74. The molecule has 12 heavy (non-hydrogen) atoms. The number of aromatic amines is 1. The van der Waals surface area contributed by atoms with Gasteiger partial charge in [-0.05, 0) is 18.2 Å². The molecule has 0 radical (unpaired) electrons. The van der Waals surface area contributed by atoms with Crippen molar-refractivity contribution in [3.8, 4) is 0 Å². The van der Waals surface area contributed by atoms with E-state index in [4.69, 9.17) is 4.42 Å². The van der Waals surface area contributed by atoms with Crippen LogP contribution in [0.15, 0.2) is 29.3 Å². The van der Waals surface area contributed by atoms with E-state index in [2.05, 4.69) is 15.2 Å². The Morgan fingerprint density at radius 3 is 3.08 bits per heavy atom. The fourth-order valence-electron chi connectivity index (χ4n) is 0.841. The minimum Gasteiger partial charge on any atom is -0.472 e. The normalized spacial score (nSPS) is 11.0. The van der Waals surface area contributed by atoms with E-state index in [9.17, 15) is 0 Å². The smallest absolute Gasteiger partial charge is 0.153 e. The molecule has 2 rings (SSSR count). The number of nitrogens with zero attached hydrogens (tertiary/aromatic N) is 2. The first-order valence-electron chi connectivity index (χ1n) is 3.51. The molecule has 2 aromatic rings. The predicted octanol–water partition coefficient (Wildman–Crippen LogP) is 1.57. The molecular formula is C8H7N3O. The summed E-state index contributed by atoms with van der Waals surface area (Å²) in [6.07, 6.45) is 8.55. The highest BCUT2D eigenvalue weighted by Gasteiger charge is 1.89. The lowest BCUT2D eigenvalue weighted by molar-refractivity contribution is 0.567. The van der Waals surface area contributed by atoms with Crippen molar-refractivity contribution in [2.75, 3.05) is 0 Å². The van der Waals surface area contributed by atoms with Crippen LogP contribution >= 0.6 is 0 Å². The number of H-pyrrole nitrogens is 1. The first kappa shape index (κ1) is 6.84. The number of nitrogens with one attached hydrogen (secondary N) is 1. The van der Waals surface area contributed by atoms with Crippen molar-refractivity contribution in [3.05, 3.63) is 36.3 Å². The van der Waals surface area contributed by atoms with Gasteiger partial charge in [-0.15, -0.1) is 10.2 Å². The highest BCUT2D eigenvalue weighted by atomic mass is 16.3. The third-order valence-electron chi connectivity index (χ3n) is 1.41. The van der Waals surface area contributed by atoms with Gasteiger partial charge in [0.05, 0.1) is 12.5 Å². The van der Waals surface area contributed by atoms with Gasteiger partial charge in [-0.3, -0.25) is 0 Å². The van der Waals surface area contributed by atoms with Gasteiger partial charge < -0.3 is 9.40 Å². The Bertz CT molecular complexity index is 311. The zero-order valence-corrected chi connectivity index (χ0v) is 6.27. The lowest BCUT2D eigenvalue weighted by Crippen LogP contribution is -1.73. The van der Waals surface area contributed by atoms with Crippen LogP contribution < -0.4 is 0 Å². The van der Waals surface area contributed by atoms with Gasteiger partial charge in [0.2, 0.25) is 0 Å². The topological polar surface area (TPSA) is 54.7 Å². The number of hydrogen-bond acceptors (Lipinski definition) is 3. The molecule has 0 spiro atoms. The van der Waals surface area contributed by atoms with Crippen LogP contribution in [0.2, 0.25) is 0 Å². The lowest BCUT2D eigenvalue weighted by atomic mass is 10.3. The summed E-state index contributed by atoms with van der Waals surface area (Å²) in [6, 6.07) is 1.87. The zero-order chi connectivity index (χ0) is 8.23. The summed E-state index contributed by atoms with van der Waals surface area (Å²) in [6.45, 7) is 0. The van der Waals surface area contributed by atoms with Gasteiger partial charge >= 0.3 is 0 Å². The Hall–Kier alpha value is -1.84. The third-order valence-corrected chi connectivity index (χ3v) is 1.41. The summed E-state index contributed by atoms with van der Waals surface area (Å²) < 4.78 is 4.89. The van der Waals surface area contributed by atoms with Crippen molar-refractivity contribution >= 4 is 12.2 Å². The van der Waals surface area contributed by atoms with Crippen molar-refractivity contribution in [1.29, 1.82) is 0 Å². The van der Waals surface area contributed by atoms with E-state index in [-0.39, 0.29) is 0 Å². The van der Waals surface area contributed by atoms with E-state index in [1.807, 2.05) is 18.2 Å². The van der Waals surface area contributed by atoms with Gasteiger partial charge in [-0.1, -0.05) is 0 Å². The second-order valence-corrected chi connectivity index (χ2v) is 2.26. The molecule has 0 aliphatic rings. The summed E-state index contributed by atoms with van der Waals surface area (Å²) >= 11 is 0. The van der Waals surface area contributed by atoms with Crippen LogP contribution in [0.1, 0.15) is 11.4 Å². The number of hydrogen-bond donors (Lipinski definition) is 1. The highest BCUT2D eigenvalue weighted by molar-refractivity contribution is 5.65. The maximum absolute atomic E-state index is 4.89. The molecule has 0 saturated heterocycles. The zero-order valence-electron chi connectivity index (χ0n) is 6.27. The monoisotopic (exact) mass is 161 g/mol. The average Bonchev–Trinajstić information content (AvgIpc) is 2.74. The minimum absolute atomic E-state index is 0.733. The molecule has 0 aromatic carbocycles. The van der Waals surface area contributed by atoms with Crippen LogP contribution in [0.4, 0.5) is 0 Å². The summed E-state index contributed by atoms with van der Waals surface area (Å²) in [5, 5.41) is 7.43. The van der Waals surface area contributed by atoms with Crippen molar-refractivity contribution < 1.29 is 4.42 Å². The average molecular weight is 161 g/mol. The molecule has 0 atom stereocenters. The SMILES string of the molecule is C(=C\c1nnc[nH]1)/c1ccoc1. The number of aromatic nitrogens is 3. The van der Waals surface area contributed by atoms with E-state index in [1.54, 1.807) is 12.5 Å². The van der Waals surface area contributed by atoms with E-state index in [1.165, 1.54) is 6.33 Å². The van der Waals surface area contributed by atoms with Crippen molar-refractivity contribution in [1.82, 2.24) is 15.2 Å². The molecule has 2 aromatic heterocycles. The molecule has 4 nitrogen and oxygen atoms in total. The van der Waals surface area contributed by atoms with Gasteiger partial charge in [0.25, 0.3) is 0 Å². The van der Waals surface area contributed by atoms with Gasteiger partial charge in [-0.2, -0.15) is 0 Å². The maximum Gasteiger partial charge on any atom is 0.153 e. The van der Waals surface area contributed by atoms with Crippen LogP contribution in [0.25, 0.3) is 12.2 Å². The fourth-order valence-corrected chi connectivity index (χ4v) is 0.841. The molecule has 4 heteroatoms. The van der Waals surface area contributed by atoms with E-state index in [0.717, 1.165) is 11.4 Å². The molecule has 60 valence electrons. The van der Waals surface area contributed by atoms with Gasteiger partial charge in [0.15, 0.2) is 5.82 Å². The van der Waals surface area contributed by atoms with Gasteiger partial charge in [0, 0.05) is 5.56 Å². The number of rotatable bonds is 2. The molecule has 0 unspecified atom stereocenters. The Balaban J connectivity index is 2.14. The standard InChI is InChI=1S/C8H7N3O/c1(7-3-4-12-5-7)2-8-9-6-10-11-8/h1-6H,(H,9,10,11)/b2-1+. The Morgan fingerprint density at radius 1 is 1.42 bits per heavy atom. The van der Waals surface area contributed by atoms with Crippen LogP contribution in [0.3, 0.4) is 0 Å². The van der Waals surface area contributed by atoms with E-state index >= 15 is 0 Å². The summed E-state index contributed by atoms with van der Waals surface area (Å²) in [7, 11) is 0. The summed E-state index contributed by atoms with van der Waals surface area (Å²) in [5.74, 6) is 0.733. The highest BCUT2D eigenvalue weighted by Crippen LogP contribution is 2.04. The fraction of sp³-hybridized carbons (Fsp3) is 0. The van der Waals surface area contributed by atoms with Crippen molar-refractivity contribution in [2.45, 2.75) is 0 Å². The molecule has 0 aliphatic carbocycles. The van der Waals surface area contributed by atoms with Crippen LogP contribution in [-0.2, 0) is 0 Å². The molecular weight excluding hydrogens is 154 g/mol. The second-order valence-electron chi connectivity index (χ2n) is 2.26. The first-order chi connectivity index (χ1) is 5.95. The first-order valence-corrected chi connectivity index (χ1v) is 3.51.